The molecule has 4 nitrogen and oxygen atoms in total. The summed E-state index contributed by atoms with van der Waals surface area (Å²) < 4.78 is 4.58. The molecule has 0 saturated heterocycles. The standard InChI is InChI=1S/C11H14N2O2/c1-3-4-7-12-8-9-5-6-10(13-9)11(14)15-2/h5-6,12-13H,7-8H2,1-2H3. The molecule has 0 atom stereocenters. The summed E-state index contributed by atoms with van der Waals surface area (Å²) in [7, 11) is 1.36. The van der Waals surface area contributed by atoms with Crippen LogP contribution in [-0.2, 0) is 11.3 Å². The van der Waals surface area contributed by atoms with Gasteiger partial charge in [0.2, 0.25) is 0 Å². The fourth-order valence-electron chi connectivity index (χ4n) is 1.12. The molecule has 0 aromatic carbocycles. The van der Waals surface area contributed by atoms with Gasteiger partial charge in [-0.3, -0.25) is 0 Å². The fraction of sp³-hybridized carbons (Fsp3) is 0.364. The first-order valence-corrected chi connectivity index (χ1v) is 4.64. The summed E-state index contributed by atoms with van der Waals surface area (Å²) in [6.07, 6.45) is 0. The minimum atomic E-state index is -0.352. The van der Waals surface area contributed by atoms with Gasteiger partial charge in [-0.2, -0.15) is 0 Å². The Labute approximate surface area is 89.0 Å². The molecule has 0 saturated carbocycles. The molecule has 0 fully saturated rings. The number of aromatic nitrogens is 1. The van der Waals surface area contributed by atoms with E-state index in [-0.39, 0.29) is 5.97 Å². The van der Waals surface area contributed by atoms with Gasteiger partial charge in [-0.05, 0) is 19.1 Å². The number of aromatic amines is 1. The average molecular weight is 206 g/mol. The number of nitrogens with one attached hydrogen (secondary N) is 2. The van der Waals surface area contributed by atoms with Gasteiger partial charge in [0.1, 0.15) is 5.69 Å². The maximum Gasteiger partial charge on any atom is 0.354 e. The molecular weight excluding hydrogens is 192 g/mol. The molecule has 0 aliphatic heterocycles. The van der Waals surface area contributed by atoms with E-state index in [0.717, 1.165) is 5.69 Å². The van der Waals surface area contributed by atoms with Crippen LogP contribution >= 0.6 is 0 Å². The van der Waals surface area contributed by atoms with Gasteiger partial charge >= 0.3 is 5.97 Å². The molecule has 15 heavy (non-hydrogen) atoms. The van der Waals surface area contributed by atoms with E-state index >= 15 is 0 Å². The zero-order chi connectivity index (χ0) is 11.1. The van der Waals surface area contributed by atoms with Crippen LogP contribution in [0.1, 0.15) is 23.1 Å². The number of hydrogen-bond donors (Lipinski definition) is 2. The number of carbonyl (C=O) groups excluding carboxylic acids is 1. The van der Waals surface area contributed by atoms with Crippen LogP contribution in [0.25, 0.3) is 0 Å². The summed E-state index contributed by atoms with van der Waals surface area (Å²) in [5.41, 5.74) is 1.41. The zero-order valence-electron chi connectivity index (χ0n) is 8.89. The van der Waals surface area contributed by atoms with Crippen LogP contribution in [0, 0.1) is 11.8 Å². The Morgan fingerprint density at radius 1 is 1.60 bits per heavy atom. The van der Waals surface area contributed by atoms with Gasteiger partial charge in [0.25, 0.3) is 0 Å². The van der Waals surface area contributed by atoms with Gasteiger partial charge in [0, 0.05) is 12.2 Å². The Kier molecular flexibility index (Phi) is 4.45. The normalized spacial score (nSPS) is 9.20. The van der Waals surface area contributed by atoms with Crippen molar-refractivity contribution in [1.82, 2.24) is 10.3 Å². The number of hydrogen-bond acceptors (Lipinski definition) is 3. The largest absolute Gasteiger partial charge is 0.464 e. The molecule has 80 valence electrons. The van der Waals surface area contributed by atoms with Crippen molar-refractivity contribution in [3.8, 4) is 11.8 Å². The first-order chi connectivity index (χ1) is 7.27. The van der Waals surface area contributed by atoms with Crippen molar-refractivity contribution in [3.63, 3.8) is 0 Å². The number of methoxy groups -OCH3 is 1. The van der Waals surface area contributed by atoms with Crippen molar-refractivity contribution in [3.05, 3.63) is 23.5 Å². The number of rotatable bonds is 4. The van der Waals surface area contributed by atoms with Gasteiger partial charge in [0.15, 0.2) is 0 Å². The van der Waals surface area contributed by atoms with E-state index in [1.54, 1.807) is 13.0 Å². The number of esters is 1. The topological polar surface area (TPSA) is 54.1 Å². The first kappa shape index (κ1) is 11.3. The fourth-order valence-corrected chi connectivity index (χ4v) is 1.12. The minimum Gasteiger partial charge on any atom is -0.464 e. The van der Waals surface area contributed by atoms with Crippen molar-refractivity contribution in [2.24, 2.45) is 0 Å². The lowest BCUT2D eigenvalue weighted by Crippen LogP contribution is -2.13. The maximum absolute atomic E-state index is 11.1. The highest BCUT2D eigenvalue weighted by molar-refractivity contribution is 5.87. The average Bonchev–Trinajstić information content (AvgIpc) is 2.72. The third-order valence-electron chi connectivity index (χ3n) is 1.86. The molecule has 0 radical (unpaired) electrons. The predicted octanol–water partition coefficient (Wildman–Crippen LogP) is 0.914. The van der Waals surface area contributed by atoms with E-state index in [1.165, 1.54) is 7.11 Å². The van der Waals surface area contributed by atoms with Gasteiger partial charge in [0.05, 0.1) is 13.7 Å². The SMILES string of the molecule is CC#CCNCc1ccc(C(=O)OC)[nH]1. The highest BCUT2D eigenvalue weighted by Crippen LogP contribution is 2.02. The molecule has 0 aliphatic rings. The summed E-state index contributed by atoms with van der Waals surface area (Å²) in [6.45, 7) is 3.10. The van der Waals surface area contributed by atoms with E-state index in [1.807, 2.05) is 6.07 Å². The van der Waals surface area contributed by atoms with Crippen LogP contribution < -0.4 is 5.32 Å². The summed E-state index contributed by atoms with van der Waals surface area (Å²) in [5, 5.41) is 3.12. The highest BCUT2D eigenvalue weighted by Gasteiger charge is 2.06. The number of H-pyrrole nitrogens is 1. The lowest BCUT2D eigenvalue weighted by molar-refractivity contribution is 0.0594. The second-order valence-electron chi connectivity index (χ2n) is 2.92. The molecule has 0 spiro atoms. The van der Waals surface area contributed by atoms with Crippen molar-refractivity contribution in [2.45, 2.75) is 13.5 Å². The second kappa shape index (κ2) is 5.89. The van der Waals surface area contributed by atoms with Gasteiger partial charge in [-0.1, -0.05) is 5.92 Å². The summed E-state index contributed by atoms with van der Waals surface area (Å²) in [5.74, 6) is 5.33. The summed E-state index contributed by atoms with van der Waals surface area (Å²) in [6, 6.07) is 3.55. The molecule has 0 aliphatic carbocycles. The van der Waals surface area contributed by atoms with Crippen LogP contribution in [0.3, 0.4) is 0 Å². The quantitative estimate of drug-likeness (QED) is 0.437. The van der Waals surface area contributed by atoms with Crippen LogP contribution in [0.2, 0.25) is 0 Å². The maximum atomic E-state index is 11.1. The molecule has 1 rings (SSSR count). The van der Waals surface area contributed by atoms with Crippen LogP contribution in [0.4, 0.5) is 0 Å². The van der Waals surface area contributed by atoms with Crippen molar-refractivity contribution in [1.29, 1.82) is 0 Å². The summed E-state index contributed by atoms with van der Waals surface area (Å²) >= 11 is 0. The van der Waals surface area contributed by atoms with Crippen molar-refractivity contribution in [2.75, 3.05) is 13.7 Å². The van der Waals surface area contributed by atoms with E-state index in [4.69, 9.17) is 0 Å². The van der Waals surface area contributed by atoms with Gasteiger partial charge < -0.3 is 15.0 Å². The van der Waals surface area contributed by atoms with E-state index < -0.39 is 0 Å². The molecule has 0 unspecified atom stereocenters. The highest BCUT2D eigenvalue weighted by atomic mass is 16.5. The smallest absolute Gasteiger partial charge is 0.354 e. The Balaban J connectivity index is 2.45. The predicted molar refractivity (Wildman–Crippen MR) is 57.3 cm³/mol. The zero-order valence-corrected chi connectivity index (χ0v) is 8.89. The van der Waals surface area contributed by atoms with Crippen LogP contribution in [-0.4, -0.2) is 24.6 Å². The summed E-state index contributed by atoms with van der Waals surface area (Å²) in [4.78, 5) is 14.1. The number of carbonyl (C=O) groups is 1. The molecule has 0 bridgehead atoms. The van der Waals surface area contributed by atoms with Crippen molar-refractivity contribution < 1.29 is 9.53 Å². The van der Waals surface area contributed by atoms with E-state index in [9.17, 15) is 4.79 Å². The molecule has 4 heteroatoms. The minimum absolute atomic E-state index is 0.352. The molecule has 1 aromatic heterocycles. The van der Waals surface area contributed by atoms with Gasteiger partial charge in [-0.25, -0.2) is 4.79 Å². The molecule has 2 N–H and O–H groups in total. The monoisotopic (exact) mass is 206 g/mol. The Hall–Kier alpha value is -1.73. The third kappa shape index (κ3) is 3.49. The first-order valence-electron chi connectivity index (χ1n) is 4.64. The third-order valence-corrected chi connectivity index (χ3v) is 1.86. The number of ether oxygens (including phenoxy) is 1. The second-order valence-corrected chi connectivity index (χ2v) is 2.92. The van der Waals surface area contributed by atoms with E-state index in [0.29, 0.717) is 18.8 Å². The van der Waals surface area contributed by atoms with Crippen molar-refractivity contribution >= 4 is 5.97 Å². The lowest BCUT2D eigenvalue weighted by Gasteiger charge is -1.98. The lowest BCUT2D eigenvalue weighted by atomic mass is 10.4. The molecule has 1 aromatic rings. The van der Waals surface area contributed by atoms with Gasteiger partial charge in [-0.15, -0.1) is 5.92 Å². The van der Waals surface area contributed by atoms with Crippen LogP contribution in [0.5, 0.6) is 0 Å². The Morgan fingerprint density at radius 3 is 3.07 bits per heavy atom. The Morgan fingerprint density at radius 2 is 2.40 bits per heavy atom. The van der Waals surface area contributed by atoms with E-state index in [2.05, 4.69) is 26.9 Å². The molecule has 1 heterocycles. The molecular formula is C11H14N2O2. The van der Waals surface area contributed by atoms with Crippen LogP contribution in [0.15, 0.2) is 12.1 Å². The molecule has 0 amide bonds. The Bertz CT molecular complexity index is 385.